The molecule has 1 aromatic carbocycles. The van der Waals surface area contributed by atoms with E-state index in [0.29, 0.717) is 17.3 Å². The number of hydrogen-bond acceptors (Lipinski definition) is 4. The average molecular weight is 373 g/mol. The van der Waals surface area contributed by atoms with Crippen LogP contribution in [0, 0.1) is 0 Å². The van der Waals surface area contributed by atoms with Gasteiger partial charge in [0.1, 0.15) is 11.6 Å². The molecule has 2 aromatic rings. The van der Waals surface area contributed by atoms with E-state index in [9.17, 15) is 4.79 Å². The van der Waals surface area contributed by atoms with Crippen LogP contribution in [0.2, 0.25) is 5.02 Å². The number of ether oxygens (including phenoxy) is 1. The minimum absolute atomic E-state index is 0.126. The molecule has 1 heterocycles. The van der Waals surface area contributed by atoms with E-state index < -0.39 is 5.97 Å². The molecule has 0 fully saturated rings. The number of benzene rings is 1. The Morgan fingerprint density at radius 2 is 2.19 bits per heavy atom. The van der Waals surface area contributed by atoms with Gasteiger partial charge < -0.3 is 10.5 Å². The number of nitrogens with zero attached hydrogens (tertiary/aromatic N) is 2. The van der Waals surface area contributed by atoms with Gasteiger partial charge in [-0.3, -0.25) is 4.57 Å². The summed E-state index contributed by atoms with van der Waals surface area (Å²) in [6.07, 6.45) is 0.614. The number of anilines is 1. The molecule has 1 aromatic heterocycles. The maximum atomic E-state index is 11.9. The first kappa shape index (κ1) is 15.9. The molecule has 0 saturated carbocycles. The number of aryl methyl sites for hydroxylation is 1. The third-order valence-corrected chi connectivity index (χ3v) is 3.82. The average Bonchev–Trinajstić information content (AvgIpc) is 2.78. The van der Waals surface area contributed by atoms with Crippen molar-refractivity contribution in [1.29, 1.82) is 0 Å². The van der Waals surface area contributed by atoms with Gasteiger partial charge in [0.15, 0.2) is 5.69 Å². The zero-order valence-electron chi connectivity index (χ0n) is 11.7. The highest BCUT2D eigenvalue weighted by molar-refractivity contribution is 9.10. The van der Waals surface area contributed by atoms with E-state index in [0.717, 1.165) is 10.2 Å². The molecule has 2 N–H and O–H groups in total. The smallest absolute Gasteiger partial charge is 0.360 e. The first-order valence-electron chi connectivity index (χ1n) is 6.49. The number of carbonyl (C=O) groups is 1. The Balaban J connectivity index is 2.63. The first-order chi connectivity index (χ1) is 9.99. The van der Waals surface area contributed by atoms with Gasteiger partial charge in [0.2, 0.25) is 0 Å². The lowest BCUT2D eigenvalue weighted by atomic mass is 10.3. The molecule has 21 heavy (non-hydrogen) atoms. The lowest BCUT2D eigenvalue weighted by molar-refractivity contribution is 0.0521. The van der Waals surface area contributed by atoms with E-state index in [1.807, 2.05) is 13.0 Å². The molecule has 0 aliphatic carbocycles. The van der Waals surface area contributed by atoms with E-state index in [1.54, 1.807) is 23.6 Å². The van der Waals surface area contributed by atoms with E-state index in [-0.39, 0.29) is 18.1 Å². The zero-order valence-corrected chi connectivity index (χ0v) is 14.0. The van der Waals surface area contributed by atoms with E-state index in [1.165, 1.54) is 0 Å². The van der Waals surface area contributed by atoms with Gasteiger partial charge in [-0.15, -0.1) is 0 Å². The van der Waals surface area contributed by atoms with Crippen LogP contribution >= 0.6 is 27.5 Å². The fourth-order valence-corrected chi connectivity index (χ4v) is 2.58. The van der Waals surface area contributed by atoms with Crippen molar-refractivity contribution in [2.24, 2.45) is 0 Å². The van der Waals surface area contributed by atoms with Crippen molar-refractivity contribution < 1.29 is 9.53 Å². The number of nitrogens with two attached hydrogens (primary N) is 1. The number of rotatable bonds is 4. The standard InChI is InChI=1S/C14H15BrClN3O2/c1-3-11-18-12(14(20)21-4-2)13(17)19(11)10-7-8(16)5-6-9(10)15/h5-7H,3-4,17H2,1-2H3. The van der Waals surface area contributed by atoms with Crippen molar-refractivity contribution in [3.8, 4) is 5.69 Å². The van der Waals surface area contributed by atoms with Crippen LogP contribution in [0.5, 0.6) is 0 Å². The maximum absolute atomic E-state index is 11.9. The number of esters is 1. The Hall–Kier alpha value is -1.53. The first-order valence-corrected chi connectivity index (χ1v) is 7.66. The van der Waals surface area contributed by atoms with E-state index >= 15 is 0 Å². The summed E-state index contributed by atoms with van der Waals surface area (Å²) in [6.45, 7) is 3.94. The van der Waals surface area contributed by atoms with Gasteiger partial charge in [-0.05, 0) is 41.1 Å². The van der Waals surface area contributed by atoms with Crippen molar-refractivity contribution >= 4 is 39.3 Å². The normalized spacial score (nSPS) is 10.7. The molecule has 112 valence electrons. The summed E-state index contributed by atoms with van der Waals surface area (Å²) in [5.41, 5.74) is 6.96. The Bertz CT molecular complexity index is 685. The van der Waals surface area contributed by atoms with Crippen molar-refractivity contribution in [1.82, 2.24) is 9.55 Å². The van der Waals surface area contributed by atoms with E-state index in [4.69, 9.17) is 22.1 Å². The topological polar surface area (TPSA) is 70.1 Å². The van der Waals surface area contributed by atoms with Gasteiger partial charge in [0.25, 0.3) is 0 Å². The minimum atomic E-state index is -0.526. The summed E-state index contributed by atoms with van der Waals surface area (Å²) < 4.78 is 7.50. The Morgan fingerprint density at radius 1 is 1.48 bits per heavy atom. The molecular formula is C14H15BrClN3O2. The van der Waals surface area contributed by atoms with Gasteiger partial charge >= 0.3 is 5.97 Å². The van der Waals surface area contributed by atoms with Crippen LogP contribution in [-0.2, 0) is 11.2 Å². The Kier molecular flexibility index (Phi) is 4.90. The monoisotopic (exact) mass is 371 g/mol. The maximum Gasteiger partial charge on any atom is 0.360 e. The van der Waals surface area contributed by atoms with Crippen LogP contribution in [0.1, 0.15) is 30.2 Å². The van der Waals surface area contributed by atoms with Gasteiger partial charge in [-0.25, -0.2) is 9.78 Å². The molecule has 7 heteroatoms. The van der Waals surface area contributed by atoms with Crippen LogP contribution in [0.15, 0.2) is 22.7 Å². The third-order valence-electron chi connectivity index (χ3n) is 2.92. The number of hydrogen-bond donors (Lipinski definition) is 1. The molecule has 0 atom stereocenters. The van der Waals surface area contributed by atoms with Gasteiger partial charge in [0.05, 0.1) is 12.3 Å². The SMILES string of the molecule is CCOC(=O)c1nc(CC)n(-c2cc(Cl)ccc2Br)c1N. The Morgan fingerprint density at radius 3 is 2.81 bits per heavy atom. The number of carbonyl (C=O) groups excluding carboxylic acids is 1. The molecule has 0 saturated heterocycles. The highest BCUT2D eigenvalue weighted by Crippen LogP contribution is 2.30. The lowest BCUT2D eigenvalue weighted by Gasteiger charge is -2.11. The van der Waals surface area contributed by atoms with Gasteiger partial charge in [-0.1, -0.05) is 18.5 Å². The van der Waals surface area contributed by atoms with Crippen LogP contribution < -0.4 is 5.73 Å². The molecular weight excluding hydrogens is 358 g/mol. The largest absolute Gasteiger partial charge is 0.461 e. The van der Waals surface area contributed by atoms with Crippen LogP contribution in [-0.4, -0.2) is 22.1 Å². The van der Waals surface area contributed by atoms with Crippen LogP contribution in [0.4, 0.5) is 5.82 Å². The summed E-state index contributed by atoms with van der Waals surface area (Å²) in [5, 5.41) is 0.570. The predicted octanol–water partition coefficient (Wildman–Crippen LogP) is 3.61. The van der Waals surface area contributed by atoms with Crippen LogP contribution in [0.25, 0.3) is 5.69 Å². The summed E-state index contributed by atoms with van der Waals surface area (Å²) in [6, 6.07) is 5.35. The molecule has 0 radical (unpaired) electrons. The number of imidazole rings is 1. The van der Waals surface area contributed by atoms with Crippen molar-refractivity contribution in [2.45, 2.75) is 20.3 Å². The second kappa shape index (κ2) is 6.49. The molecule has 0 bridgehead atoms. The fourth-order valence-electron chi connectivity index (χ4n) is 1.99. The highest BCUT2D eigenvalue weighted by Gasteiger charge is 2.22. The molecule has 0 aliphatic heterocycles. The molecule has 0 aliphatic rings. The number of nitrogen functional groups attached to an aromatic ring is 1. The van der Waals surface area contributed by atoms with E-state index in [2.05, 4.69) is 20.9 Å². The van der Waals surface area contributed by atoms with Crippen molar-refractivity contribution in [3.63, 3.8) is 0 Å². The molecule has 2 rings (SSSR count). The number of halogens is 2. The summed E-state index contributed by atoms with van der Waals surface area (Å²) in [4.78, 5) is 16.2. The summed E-state index contributed by atoms with van der Waals surface area (Å²) in [5.74, 6) is 0.383. The third kappa shape index (κ3) is 3.06. The van der Waals surface area contributed by atoms with Crippen molar-refractivity contribution in [3.05, 3.63) is 39.2 Å². The Labute approximate surface area is 136 Å². The van der Waals surface area contributed by atoms with Gasteiger partial charge in [-0.2, -0.15) is 0 Å². The summed E-state index contributed by atoms with van der Waals surface area (Å²) >= 11 is 9.51. The molecule has 0 spiro atoms. The molecule has 0 unspecified atom stereocenters. The van der Waals surface area contributed by atoms with Crippen molar-refractivity contribution in [2.75, 3.05) is 12.3 Å². The quantitative estimate of drug-likeness (QED) is 0.832. The fraction of sp³-hybridized carbons (Fsp3) is 0.286. The number of aromatic nitrogens is 2. The second-order valence-electron chi connectivity index (χ2n) is 4.27. The summed E-state index contributed by atoms with van der Waals surface area (Å²) in [7, 11) is 0. The predicted molar refractivity (Wildman–Crippen MR) is 86.0 cm³/mol. The molecule has 5 nitrogen and oxygen atoms in total. The minimum Gasteiger partial charge on any atom is -0.461 e. The highest BCUT2D eigenvalue weighted by atomic mass is 79.9. The molecule has 0 amide bonds. The van der Waals surface area contributed by atoms with Gasteiger partial charge in [0, 0.05) is 15.9 Å². The zero-order chi connectivity index (χ0) is 15.6. The lowest BCUT2D eigenvalue weighted by Crippen LogP contribution is -2.09. The second-order valence-corrected chi connectivity index (χ2v) is 5.56. The van der Waals surface area contributed by atoms with Crippen LogP contribution in [0.3, 0.4) is 0 Å².